The SMILES string of the molecule is CC1CC(NCC(F)(F)F)CN(c2ccc(F)cc2F)C1. The molecule has 0 spiro atoms. The Bertz CT molecular complexity index is 489. The van der Waals surface area contributed by atoms with Crippen LogP contribution in [0, 0.1) is 17.6 Å². The van der Waals surface area contributed by atoms with Gasteiger partial charge in [-0.3, -0.25) is 0 Å². The number of hydrogen-bond donors (Lipinski definition) is 1. The van der Waals surface area contributed by atoms with E-state index in [2.05, 4.69) is 5.32 Å². The van der Waals surface area contributed by atoms with E-state index in [1.54, 1.807) is 4.90 Å². The number of rotatable bonds is 3. The van der Waals surface area contributed by atoms with E-state index in [4.69, 9.17) is 0 Å². The maximum Gasteiger partial charge on any atom is 0.401 e. The van der Waals surface area contributed by atoms with Gasteiger partial charge in [-0.15, -0.1) is 0 Å². The minimum absolute atomic E-state index is 0.119. The normalized spacial score (nSPS) is 23.4. The molecule has 0 aliphatic carbocycles. The number of nitrogens with zero attached hydrogens (tertiary/aromatic N) is 1. The van der Waals surface area contributed by atoms with Crippen LogP contribution in [0.1, 0.15) is 13.3 Å². The quantitative estimate of drug-likeness (QED) is 0.862. The zero-order valence-corrected chi connectivity index (χ0v) is 11.6. The molecule has 7 heteroatoms. The third-order valence-corrected chi connectivity index (χ3v) is 3.50. The first-order valence-corrected chi connectivity index (χ1v) is 6.75. The van der Waals surface area contributed by atoms with Crippen molar-refractivity contribution in [3.63, 3.8) is 0 Å². The smallest absolute Gasteiger partial charge is 0.367 e. The Kier molecular flexibility index (Phi) is 4.70. The highest BCUT2D eigenvalue weighted by atomic mass is 19.4. The summed E-state index contributed by atoms with van der Waals surface area (Å²) in [5, 5.41) is 2.46. The Hall–Kier alpha value is -1.37. The zero-order chi connectivity index (χ0) is 15.6. The van der Waals surface area contributed by atoms with Gasteiger partial charge >= 0.3 is 6.18 Å². The first-order valence-electron chi connectivity index (χ1n) is 6.75. The molecule has 1 aromatic carbocycles. The lowest BCUT2D eigenvalue weighted by molar-refractivity contribution is -0.126. The number of benzene rings is 1. The summed E-state index contributed by atoms with van der Waals surface area (Å²) in [4.78, 5) is 1.66. The van der Waals surface area contributed by atoms with Crippen molar-refractivity contribution in [2.45, 2.75) is 25.6 Å². The van der Waals surface area contributed by atoms with Crippen molar-refractivity contribution in [3.8, 4) is 0 Å². The monoisotopic (exact) mass is 308 g/mol. The first kappa shape index (κ1) is 16.0. The molecule has 1 N–H and O–H groups in total. The fourth-order valence-electron chi connectivity index (χ4n) is 2.69. The molecule has 0 amide bonds. The molecule has 2 nitrogen and oxygen atoms in total. The topological polar surface area (TPSA) is 15.3 Å². The molecule has 2 unspecified atom stereocenters. The van der Waals surface area contributed by atoms with Crippen molar-refractivity contribution >= 4 is 5.69 Å². The van der Waals surface area contributed by atoms with E-state index in [-0.39, 0.29) is 24.2 Å². The molecule has 2 rings (SSSR count). The average Bonchev–Trinajstić information content (AvgIpc) is 2.35. The van der Waals surface area contributed by atoms with E-state index >= 15 is 0 Å². The van der Waals surface area contributed by atoms with Gasteiger partial charge in [-0.25, -0.2) is 8.78 Å². The fourth-order valence-corrected chi connectivity index (χ4v) is 2.69. The molecule has 0 saturated carbocycles. The van der Waals surface area contributed by atoms with Crippen LogP contribution < -0.4 is 10.2 Å². The van der Waals surface area contributed by atoms with Gasteiger partial charge < -0.3 is 10.2 Å². The summed E-state index contributed by atoms with van der Waals surface area (Å²) in [6, 6.07) is 2.88. The molecule has 1 aliphatic rings. The number of nitrogens with one attached hydrogen (secondary N) is 1. The fraction of sp³-hybridized carbons (Fsp3) is 0.571. The van der Waals surface area contributed by atoms with Gasteiger partial charge in [-0.1, -0.05) is 6.92 Å². The van der Waals surface area contributed by atoms with E-state index in [1.165, 1.54) is 6.07 Å². The Morgan fingerprint density at radius 1 is 1.24 bits per heavy atom. The van der Waals surface area contributed by atoms with Crippen molar-refractivity contribution < 1.29 is 22.0 Å². The zero-order valence-electron chi connectivity index (χ0n) is 11.6. The second-order valence-corrected chi connectivity index (χ2v) is 5.53. The summed E-state index contributed by atoms with van der Waals surface area (Å²) >= 11 is 0. The van der Waals surface area contributed by atoms with Gasteiger partial charge in [0.25, 0.3) is 0 Å². The summed E-state index contributed by atoms with van der Waals surface area (Å²) in [6.45, 7) is 1.63. The van der Waals surface area contributed by atoms with E-state index < -0.39 is 24.4 Å². The minimum atomic E-state index is -4.27. The summed E-state index contributed by atoms with van der Waals surface area (Å²) in [7, 11) is 0. The standard InChI is InChI=1S/C14H17F5N2/c1-9-4-11(20-8-14(17,18)19)7-21(6-9)13-3-2-10(15)5-12(13)16/h2-3,5,9,11,20H,4,6-8H2,1H3. The van der Waals surface area contributed by atoms with Crippen LogP contribution in [0.3, 0.4) is 0 Å². The molecule has 1 aliphatic heterocycles. The highest BCUT2D eigenvalue weighted by molar-refractivity contribution is 5.48. The second-order valence-electron chi connectivity index (χ2n) is 5.53. The van der Waals surface area contributed by atoms with Crippen molar-refractivity contribution in [3.05, 3.63) is 29.8 Å². The number of hydrogen-bond acceptors (Lipinski definition) is 2. The van der Waals surface area contributed by atoms with Crippen LogP contribution in [0.2, 0.25) is 0 Å². The molecule has 2 atom stereocenters. The maximum absolute atomic E-state index is 13.8. The van der Waals surface area contributed by atoms with Crippen molar-refractivity contribution in [1.82, 2.24) is 5.32 Å². The lowest BCUT2D eigenvalue weighted by atomic mass is 9.95. The molecule has 0 bridgehead atoms. The number of piperidine rings is 1. The maximum atomic E-state index is 13.8. The summed E-state index contributed by atoms with van der Waals surface area (Å²) < 4.78 is 63.5. The molecule has 0 aromatic heterocycles. The Labute approximate surface area is 119 Å². The lowest BCUT2D eigenvalue weighted by Crippen LogP contribution is -2.51. The summed E-state index contributed by atoms with van der Waals surface area (Å²) in [5.74, 6) is -1.25. The van der Waals surface area contributed by atoms with Crippen LogP contribution in [0.5, 0.6) is 0 Å². The van der Waals surface area contributed by atoms with Gasteiger partial charge in [0, 0.05) is 25.2 Å². The summed E-state index contributed by atoms with van der Waals surface area (Å²) in [6.07, 6.45) is -3.68. The van der Waals surface area contributed by atoms with Gasteiger partial charge in [0.05, 0.1) is 12.2 Å². The number of halogens is 5. The Balaban J connectivity index is 2.06. The highest BCUT2D eigenvalue weighted by Crippen LogP contribution is 2.26. The predicted octanol–water partition coefficient (Wildman–Crippen LogP) is 3.33. The highest BCUT2D eigenvalue weighted by Gasteiger charge is 2.31. The minimum Gasteiger partial charge on any atom is -0.367 e. The van der Waals surface area contributed by atoms with Crippen LogP contribution in [-0.2, 0) is 0 Å². The first-order chi connectivity index (χ1) is 9.74. The predicted molar refractivity (Wildman–Crippen MR) is 70.2 cm³/mol. The van der Waals surface area contributed by atoms with Crippen LogP contribution in [0.25, 0.3) is 0 Å². The Morgan fingerprint density at radius 3 is 2.57 bits per heavy atom. The third kappa shape index (κ3) is 4.56. The molecule has 0 radical (unpaired) electrons. The largest absolute Gasteiger partial charge is 0.401 e. The van der Waals surface area contributed by atoms with E-state index in [9.17, 15) is 22.0 Å². The summed E-state index contributed by atoms with van der Waals surface area (Å²) in [5.41, 5.74) is 0.224. The van der Waals surface area contributed by atoms with E-state index in [0.29, 0.717) is 13.0 Å². The second kappa shape index (κ2) is 6.17. The molecular weight excluding hydrogens is 291 g/mol. The number of alkyl halides is 3. The van der Waals surface area contributed by atoms with Gasteiger partial charge in [0.15, 0.2) is 0 Å². The van der Waals surface area contributed by atoms with Crippen LogP contribution in [0.15, 0.2) is 18.2 Å². The van der Waals surface area contributed by atoms with Crippen molar-refractivity contribution in [2.24, 2.45) is 5.92 Å². The Morgan fingerprint density at radius 2 is 1.95 bits per heavy atom. The van der Waals surface area contributed by atoms with E-state index in [0.717, 1.165) is 12.1 Å². The van der Waals surface area contributed by atoms with Crippen molar-refractivity contribution in [2.75, 3.05) is 24.5 Å². The molecular formula is C14H17F5N2. The molecule has 1 saturated heterocycles. The molecule has 1 heterocycles. The third-order valence-electron chi connectivity index (χ3n) is 3.50. The average molecular weight is 308 g/mol. The van der Waals surface area contributed by atoms with Crippen LogP contribution >= 0.6 is 0 Å². The lowest BCUT2D eigenvalue weighted by Gasteiger charge is -2.38. The molecule has 118 valence electrons. The molecule has 1 aromatic rings. The van der Waals surface area contributed by atoms with Crippen LogP contribution in [0.4, 0.5) is 27.6 Å². The van der Waals surface area contributed by atoms with Gasteiger partial charge in [0.1, 0.15) is 11.6 Å². The van der Waals surface area contributed by atoms with Crippen molar-refractivity contribution in [1.29, 1.82) is 0 Å². The van der Waals surface area contributed by atoms with Gasteiger partial charge in [-0.05, 0) is 24.5 Å². The molecule has 21 heavy (non-hydrogen) atoms. The number of anilines is 1. The van der Waals surface area contributed by atoms with Gasteiger partial charge in [0.2, 0.25) is 0 Å². The van der Waals surface area contributed by atoms with E-state index in [1.807, 2.05) is 6.92 Å². The molecule has 1 fully saturated rings. The van der Waals surface area contributed by atoms with Gasteiger partial charge in [-0.2, -0.15) is 13.2 Å². The van der Waals surface area contributed by atoms with Crippen LogP contribution in [-0.4, -0.2) is 31.9 Å².